The first-order valence-corrected chi connectivity index (χ1v) is 6.42. The van der Waals surface area contributed by atoms with Crippen molar-refractivity contribution in [3.8, 4) is 0 Å². The van der Waals surface area contributed by atoms with E-state index in [1.165, 1.54) is 5.56 Å². The molecule has 1 aromatic carbocycles. The predicted molar refractivity (Wildman–Crippen MR) is 77.5 cm³/mol. The van der Waals surface area contributed by atoms with Gasteiger partial charge in [0, 0.05) is 6.20 Å². The summed E-state index contributed by atoms with van der Waals surface area (Å²) in [6.07, 6.45) is 1.85. The van der Waals surface area contributed by atoms with Gasteiger partial charge in [-0.25, -0.2) is 0 Å². The van der Waals surface area contributed by atoms with E-state index >= 15 is 0 Å². The van der Waals surface area contributed by atoms with Gasteiger partial charge < -0.3 is 5.73 Å². The monoisotopic (exact) mass is 242 g/mol. The summed E-state index contributed by atoms with van der Waals surface area (Å²) >= 11 is 0. The van der Waals surface area contributed by atoms with Gasteiger partial charge in [-0.2, -0.15) is 0 Å². The maximum Gasteiger partial charge on any atom is 0.0728 e. The van der Waals surface area contributed by atoms with E-state index in [0.29, 0.717) is 0 Å². The van der Waals surface area contributed by atoms with Crippen molar-refractivity contribution in [1.82, 2.24) is 4.98 Å². The van der Waals surface area contributed by atoms with Gasteiger partial charge in [-0.3, -0.25) is 4.98 Å². The van der Waals surface area contributed by atoms with Crippen LogP contribution in [0.1, 0.15) is 42.3 Å². The minimum atomic E-state index is -0.137. The molecule has 1 heterocycles. The van der Waals surface area contributed by atoms with Crippen molar-refractivity contribution < 1.29 is 0 Å². The molecule has 0 aliphatic heterocycles. The molecule has 2 rings (SSSR count). The lowest BCUT2D eigenvalue weighted by molar-refractivity contribution is 0.819. The third-order valence-electron chi connectivity index (χ3n) is 2.78. The molecule has 2 heteroatoms. The van der Waals surface area contributed by atoms with Crippen LogP contribution in [0, 0.1) is 13.8 Å². The average Bonchev–Trinajstić information content (AvgIpc) is 2.42. The fourth-order valence-electron chi connectivity index (χ4n) is 1.76. The van der Waals surface area contributed by atoms with Crippen molar-refractivity contribution >= 4 is 0 Å². The summed E-state index contributed by atoms with van der Waals surface area (Å²) in [4.78, 5) is 4.37. The van der Waals surface area contributed by atoms with Crippen LogP contribution in [-0.4, -0.2) is 4.98 Å². The Morgan fingerprint density at radius 2 is 1.67 bits per heavy atom. The first-order valence-electron chi connectivity index (χ1n) is 6.42. The zero-order chi connectivity index (χ0) is 13.5. The van der Waals surface area contributed by atoms with Crippen LogP contribution < -0.4 is 5.73 Å². The minimum Gasteiger partial charge on any atom is -0.319 e. The molecule has 2 N–H and O–H groups in total. The minimum absolute atomic E-state index is 0.137. The van der Waals surface area contributed by atoms with Gasteiger partial charge in [-0.1, -0.05) is 44.2 Å². The van der Waals surface area contributed by atoms with Crippen molar-refractivity contribution in [1.29, 1.82) is 0 Å². The van der Waals surface area contributed by atoms with Crippen molar-refractivity contribution in [2.75, 3.05) is 0 Å². The second kappa shape index (κ2) is 6.92. The molecule has 1 atom stereocenters. The number of rotatable bonds is 2. The number of pyridine rings is 1. The summed E-state index contributed by atoms with van der Waals surface area (Å²) in [5.41, 5.74) is 10.6. The summed E-state index contributed by atoms with van der Waals surface area (Å²) < 4.78 is 0. The predicted octanol–water partition coefficient (Wildman–Crippen LogP) is 3.77. The summed E-state index contributed by atoms with van der Waals surface area (Å²) in [6.45, 7) is 8.10. The van der Waals surface area contributed by atoms with Crippen LogP contribution in [0.4, 0.5) is 0 Å². The molecule has 0 aliphatic rings. The third kappa shape index (κ3) is 3.41. The number of aryl methyl sites for hydroxylation is 2. The Bertz CT molecular complexity index is 475. The Hall–Kier alpha value is -1.67. The van der Waals surface area contributed by atoms with Gasteiger partial charge in [-0.15, -0.1) is 0 Å². The Balaban J connectivity index is 0.000000771. The molecule has 2 aromatic rings. The average molecular weight is 242 g/mol. The second-order valence-electron chi connectivity index (χ2n) is 4.09. The Morgan fingerprint density at radius 3 is 2.22 bits per heavy atom. The number of aromatic nitrogens is 1. The molecule has 18 heavy (non-hydrogen) atoms. The summed E-state index contributed by atoms with van der Waals surface area (Å²) in [5.74, 6) is 0. The molecule has 0 saturated carbocycles. The Kier molecular flexibility index (Phi) is 5.53. The van der Waals surface area contributed by atoms with Crippen LogP contribution in [0.5, 0.6) is 0 Å². The molecule has 0 amide bonds. The third-order valence-corrected chi connectivity index (χ3v) is 2.78. The Morgan fingerprint density at radius 1 is 1.00 bits per heavy atom. The van der Waals surface area contributed by atoms with E-state index < -0.39 is 0 Å². The fourth-order valence-corrected chi connectivity index (χ4v) is 1.76. The van der Waals surface area contributed by atoms with E-state index in [1.54, 1.807) is 0 Å². The van der Waals surface area contributed by atoms with Crippen molar-refractivity contribution in [2.45, 2.75) is 33.7 Å². The molecule has 0 radical (unpaired) electrons. The highest BCUT2D eigenvalue weighted by atomic mass is 14.8. The standard InChI is InChI=1S/C14H16N2.C2H6/c1-10-7-8-13(16-9-10)14(15)12-6-4-3-5-11(12)2;1-2/h3-9,14H,15H2,1-2H3;1-2H3. The Labute approximate surface area is 110 Å². The number of nitrogens with zero attached hydrogens (tertiary/aromatic N) is 1. The molecule has 2 nitrogen and oxygen atoms in total. The molecule has 1 aromatic heterocycles. The van der Waals surface area contributed by atoms with E-state index in [-0.39, 0.29) is 6.04 Å². The van der Waals surface area contributed by atoms with Crippen molar-refractivity contribution in [2.24, 2.45) is 5.73 Å². The first kappa shape index (κ1) is 14.4. The molecule has 0 fully saturated rings. The van der Waals surface area contributed by atoms with Gasteiger partial charge in [0.1, 0.15) is 0 Å². The van der Waals surface area contributed by atoms with Gasteiger partial charge >= 0.3 is 0 Å². The zero-order valence-electron chi connectivity index (χ0n) is 11.6. The number of hydrogen-bond donors (Lipinski definition) is 1. The highest BCUT2D eigenvalue weighted by Crippen LogP contribution is 2.20. The zero-order valence-corrected chi connectivity index (χ0v) is 11.6. The first-order chi connectivity index (χ1) is 8.68. The quantitative estimate of drug-likeness (QED) is 0.870. The molecule has 0 saturated heterocycles. The molecule has 0 bridgehead atoms. The highest BCUT2D eigenvalue weighted by Gasteiger charge is 2.11. The van der Waals surface area contributed by atoms with Crippen LogP contribution in [0.2, 0.25) is 0 Å². The number of hydrogen-bond acceptors (Lipinski definition) is 2. The van der Waals surface area contributed by atoms with E-state index in [1.807, 2.05) is 51.2 Å². The largest absolute Gasteiger partial charge is 0.319 e. The number of benzene rings is 1. The molecular formula is C16H22N2. The highest BCUT2D eigenvalue weighted by molar-refractivity contribution is 5.34. The maximum absolute atomic E-state index is 6.20. The van der Waals surface area contributed by atoms with Crippen LogP contribution in [0.3, 0.4) is 0 Å². The lowest BCUT2D eigenvalue weighted by atomic mass is 9.99. The van der Waals surface area contributed by atoms with Crippen molar-refractivity contribution in [3.05, 3.63) is 65.0 Å². The summed E-state index contributed by atoms with van der Waals surface area (Å²) in [6, 6.07) is 12.1. The van der Waals surface area contributed by atoms with Crippen molar-refractivity contribution in [3.63, 3.8) is 0 Å². The number of nitrogens with two attached hydrogens (primary N) is 1. The van der Waals surface area contributed by atoms with Gasteiger partial charge in [0.05, 0.1) is 11.7 Å². The van der Waals surface area contributed by atoms with E-state index in [9.17, 15) is 0 Å². The van der Waals surface area contributed by atoms with Crippen LogP contribution in [-0.2, 0) is 0 Å². The summed E-state index contributed by atoms with van der Waals surface area (Å²) in [7, 11) is 0. The van der Waals surface area contributed by atoms with Crippen LogP contribution in [0.15, 0.2) is 42.6 Å². The van der Waals surface area contributed by atoms with Gasteiger partial charge in [0.25, 0.3) is 0 Å². The maximum atomic E-state index is 6.20. The van der Waals surface area contributed by atoms with Crippen LogP contribution >= 0.6 is 0 Å². The topological polar surface area (TPSA) is 38.9 Å². The van der Waals surface area contributed by atoms with E-state index in [2.05, 4.69) is 24.0 Å². The molecule has 0 aliphatic carbocycles. The fraction of sp³-hybridized carbons (Fsp3) is 0.312. The lowest BCUT2D eigenvalue weighted by Gasteiger charge is -2.14. The van der Waals surface area contributed by atoms with E-state index in [0.717, 1.165) is 16.8 Å². The summed E-state index contributed by atoms with van der Waals surface area (Å²) in [5, 5.41) is 0. The van der Waals surface area contributed by atoms with E-state index in [4.69, 9.17) is 5.73 Å². The molecule has 0 spiro atoms. The second-order valence-corrected chi connectivity index (χ2v) is 4.09. The normalized spacial score (nSPS) is 11.4. The van der Waals surface area contributed by atoms with Gasteiger partial charge in [0.2, 0.25) is 0 Å². The molecule has 1 unspecified atom stereocenters. The smallest absolute Gasteiger partial charge is 0.0728 e. The van der Waals surface area contributed by atoms with Gasteiger partial charge in [0.15, 0.2) is 0 Å². The van der Waals surface area contributed by atoms with Crippen LogP contribution in [0.25, 0.3) is 0 Å². The SMILES string of the molecule is CC.Cc1ccc(C(N)c2ccccc2C)nc1. The molecule has 96 valence electrons. The lowest BCUT2D eigenvalue weighted by Crippen LogP contribution is -2.14. The van der Waals surface area contributed by atoms with Gasteiger partial charge in [-0.05, 0) is 36.6 Å². The molecular weight excluding hydrogens is 220 g/mol.